The van der Waals surface area contributed by atoms with Gasteiger partial charge in [-0.2, -0.15) is 0 Å². The molecule has 1 heterocycles. The average molecular weight is 357 g/mol. The van der Waals surface area contributed by atoms with Crippen LogP contribution in [-0.4, -0.2) is 19.0 Å². The van der Waals surface area contributed by atoms with Gasteiger partial charge in [0.1, 0.15) is 0 Å². The molecule has 0 aromatic heterocycles. The Labute approximate surface area is 155 Å². The summed E-state index contributed by atoms with van der Waals surface area (Å²) in [5, 5.41) is 3.60. The average Bonchev–Trinajstić information content (AvgIpc) is 2.62. The van der Waals surface area contributed by atoms with Gasteiger partial charge in [0.25, 0.3) is 5.91 Å². The minimum atomic E-state index is -0.107. The van der Waals surface area contributed by atoms with Crippen molar-refractivity contribution in [3.63, 3.8) is 0 Å². The zero-order valence-corrected chi connectivity index (χ0v) is 15.6. The number of amides is 1. The molecule has 1 saturated heterocycles. The van der Waals surface area contributed by atoms with E-state index in [9.17, 15) is 4.79 Å². The summed E-state index contributed by atoms with van der Waals surface area (Å²) in [6, 6.07) is 15.5. The SMILES string of the molecule is C[C@@H]1CCCN(c2ccc([C@H](C)NC(=O)c3cccc(Cl)c3)cc2)C1. The largest absolute Gasteiger partial charge is 0.371 e. The van der Waals surface area contributed by atoms with Crippen LogP contribution < -0.4 is 10.2 Å². The minimum Gasteiger partial charge on any atom is -0.371 e. The van der Waals surface area contributed by atoms with Gasteiger partial charge in [0.2, 0.25) is 0 Å². The highest BCUT2D eigenvalue weighted by Gasteiger charge is 2.17. The maximum atomic E-state index is 12.4. The van der Waals surface area contributed by atoms with Crippen LogP contribution in [0.2, 0.25) is 5.02 Å². The van der Waals surface area contributed by atoms with Gasteiger partial charge in [-0.15, -0.1) is 0 Å². The molecule has 0 spiro atoms. The van der Waals surface area contributed by atoms with Gasteiger partial charge in [0.15, 0.2) is 0 Å². The normalized spacial score (nSPS) is 18.7. The van der Waals surface area contributed by atoms with E-state index in [1.165, 1.54) is 18.5 Å². The molecule has 3 rings (SSSR count). The molecule has 132 valence electrons. The first kappa shape index (κ1) is 17.8. The molecule has 0 unspecified atom stereocenters. The summed E-state index contributed by atoms with van der Waals surface area (Å²) >= 11 is 5.96. The van der Waals surface area contributed by atoms with Gasteiger partial charge in [0.05, 0.1) is 6.04 Å². The first-order valence-corrected chi connectivity index (χ1v) is 9.32. The summed E-state index contributed by atoms with van der Waals surface area (Å²) in [5.74, 6) is 0.647. The molecular formula is C21H25ClN2O. The lowest BCUT2D eigenvalue weighted by Gasteiger charge is -2.33. The molecule has 0 saturated carbocycles. The van der Waals surface area contributed by atoms with Gasteiger partial charge in [-0.05, 0) is 61.6 Å². The molecule has 2 aromatic carbocycles. The van der Waals surface area contributed by atoms with Crippen molar-refractivity contribution in [1.82, 2.24) is 5.32 Å². The van der Waals surface area contributed by atoms with Crippen molar-refractivity contribution in [1.29, 1.82) is 0 Å². The number of hydrogen-bond donors (Lipinski definition) is 1. The number of rotatable bonds is 4. The van der Waals surface area contributed by atoms with E-state index in [0.29, 0.717) is 10.6 Å². The molecule has 1 fully saturated rings. The lowest BCUT2D eigenvalue weighted by atomic mass is 9.99. The number of halogens is 1. The van der Waals surface area contributed by atoms with E-state index < -0.39 is 0 Å². The van der Waals surface area contributed by atoms with Gasteiger partial charge in [-0.1, -0.05) is 36.7 Å². The molecule has 3 nitrogen and oxygen atoms in total. The van der Waals surface area contributed by atoms with E-state index >= 15 is 0 Å². The van der Waals surface area contributed by atoms with E-state index in [1.54, 1.807) is 24.3 Å². The Kier molecular flexibility index (Phi) is 5.64. The molecule has 1 aliphatic rings. The van der Waals surface area contributed by atoms with Crippen LogP contribution in [0.15, 0.2) is 48.5 Å². The number of nitrogens with one attached hydrogen (secondary N) is 1. The van der Waals surface area contributed by atoms with Crippen LogP contribution in [0.3, 0.4) is 0 Å². The molecular weight excluding hydrogens is 332 g/mol. The Balaban J connectivity index is 1.64. The van der Waals surface area contributed by atoms with Gasteiger partial charge in [-0.25, -0.2) is 0 Å². The molecule has 1 N–H and O–H groups in total. The summed E-state index contributed by atoms with van der Waals surface area (Å²) in [4.78, 5) is 14.8. The number of benzene rings is 2. The third-order valence-corrected chi connectivity index (χ3v) is 5.08. The Hall–Kier alpha value is -2.00. The van der Waals surface area contributed by atoms with Crippen molar-refractivity contribution in [3.8, 4) is 0 Å². The van der Waals surface area contributed by atoms with Crippen molar-refractivity contribution >= 4 is 23.2 Å². The number of carbonyl (C=O) groups is 1. The molecule has 25 heavy (non-hydrogen) atoms. The monoisotopic (exact) mass is 356 g/mol. The predicted octanol–water partition coefficient (Wildman–Crippen LogP) is 5.07. The molecule has 1 aliphatic heterocycles. The summed E-state index contributed by atoms with van der Waals surface area (Å²) in [5.41, 5.74) is 2.95. The van der Waals surface area contributed by atoms with E-state index in [0.717, 1.165) is 24.6 Å². The summed E-state index contributed by atoms with van der Waals surface area (Å²) in [6.45, 7) is 6.57. The summed E-state index contributed by atoms with van der Waals surface area (Å²) < 4.78 is 0. The van der Waals surface area contributed by atoms with Crippen molar-refractivity contribution in [3.05, 3.63) is 64.7 Å². The highest BCUT2D eigenvalue weighted by molar-refractivity contribution is 6.30. The van der Waals surface area contributed by atoms with Crippen LogP contribution in [-0.2, 0) is 0 Å². The first-order valence-electron chi connectivity index (χ1n) is 8.94. The first-order chi connectivity index (χ1) is 12.0. The molecule has 1 amide bonds. The predicted molar refractivity (Wildman–Crippen MR) is 104 cm³/mol. The number of anilines is 1. The number of hydrogen-bond acceptors (Lipinski definition) is 2. The van der Waals surface area contributed by atoms with Crippen molar-refractivity contribution in [2.24, 2.45) is 5.92 Å². The van der Waals surface area contributed by atoms with Crippen LogP contribution in [0.1, 0.15) is 48.7 Å². The Morgan fingerprint density at radius 2 is 2.00 bits per heavy atom. The quantitative estimate of drug-likeness (QED) is 0.829. The minimum absolute atomic E-state index is 0.0548. The fourth-order valence-electron chi connectivity index (χ4n) is 3.39. The van der Waals surface area contributed by atoms with E-state index in [4.69, 9.17) is 11.6 Å². The zero-order chi connectivity index (χ0) is 17.8. The van der Waals surface area contributed by atoms with Gasteiger partial charge >= 0.3 is 0 Å². The lowest BCUT2D eigenvalue weighted by Crippen LogP contribution is -2.34. The van der Waals surface area contributed by atoms with Crippen molar-refractivity contribution < 1.29 is 4.79 Å². The topological polar surface area (TPSA) is 32.3 Å². The van der Waals surface area contributed by atoms with Gasteiger partial charge in [0, 0.05) is 29.4 Å². The molecule has 2 aromatic rings. The fraction of sp³-hybridized carbons (Fsp3) is 0.381. The van der Waals surface area contributed by atoms with Gasteiger partial charge in [-0.3, -0.25) is 4.79 Å². The Morgan fingerprint density at radius 1 is 1.24 bits per heavy atom. The molecule has 4 heteroatoms. The number of piperidine rings is 1. The summed E-state index contributed by atoms with van der Waals surface area (Å²) in [7, 11) is 0. The molecule has 0 aliphatic carbocycles. The van der Waals surface area contributed by atoms with Crippen LogP contribution in [0.5, 0.6) is 0 Å². The maximum absolute atomic E-state index is 12.4. The van der Waals surface area contributed by atoms with E-state index in [-0.39, 0.29) is 11.9 Å². The van der Waals surface area contributed by atoms with Crippen LogP contribution in [0.25, 0.3) is 0 Å². The van der Waals surface area contributed by atoms with E-state index in [2.05, 4.69) is 41.4 Å². The Bertz CT molecular complexity index is 729. The van der Waals surface area contributed by atoms with Crippen molar-refractivity contribution in [2.45, 2.75) is 32.7 Å². The highest BCUT2D eigenvalue weighted by atomic mass is 35.5. The third-order valence-electron chi connectivity index (χ3n) is 4.85. The summed E-state index contributed by atoms with van der Waals surface area (Å²) in [6.07, 6.45) is 2.58. The van der Waals surface area contributed by atoms with Crippen molar-refractivity contribution in [2.75, 3.05) is 18.0 Å². The second-order valence-corrected chi connectivity index (χ2v) is 7.43. The smallest absolute Gasteiger partial charge is 0.251 e. The highest BCUT2D eigenvalue weighted by Crippen LogP contribution is 2.24. The maximum Gasteiger partial charge on any atom is 0.251 e. The zero-order valence-electron chi connectivity index (χ0n) is 14.8. The molecule has 2 atom stereocenters. The lowest BCUT2D eigenvalue weighted by molar-refractivity contribution is 0.0940. The number of nitrogens with zero attached hydrogens (tertiary/aromatic N) is 1. The number of carbonyl (C=O) groups excluding carboxylic acids is 1. The Morgan fingerprint density at radius 3 is 2.68 bits per heavy atom. The van der Waals surface area contributed by atoms with Gasteiger partial charge < -0.3 is 10.2 Å². The van der Waals surface area contributed by atoms with Crippen LogP contribution >= 0.6 is 11.6 Å². The van der Waals surface area contributed by atoms with Crippen LogP contribution in [0, 0.1) is 5.92 Å². The second-order valence-electron chi connectivity index (χ2n) is 6.99. The van der Waals surface area contributed by atoms with Crippen LogP contribution in [0.4, 0.5) is 5.69 Å². The second kappa shape index (κ2) is 7.92. The standard InChI is InChI=1S/C21H25ClN2O/c1-15-5-4-12-24(14-15)20-10-8-17(9-11-20)16(2)23-21(25)18-6-3-7-19(22)13-18/h3,6-11,13,15-16H,4-5,12,14H2,1-2H3,(H,23,25)/t15-,16+/m1/s1. The third kappa shape index (κ3) is 4.55. The van der Waals surface area contributed by atoms with E-state index in [1.807, 2.05) is 6.92 Å². The molecule has 0 bridgehead atoms. The molecule has 0 radical (unpaired) electrons. The fourth-order valence-corrected chi connectivity index (χ4v) is 3.58.